The highest BCUT2D eigenvalue weighted by Crippen LogP contribution is 2.25. The van der Waals surface area contributed by atoms with E-state index in [1.807, 2.05) is 17.0 Å². The Balaban J connectivity index is 1.63. The molecule has 0 bridgehead atoms. The number of carbonyl (C=O) groups excluding carboxylic acids is 2. The Labute approximate surface area is 136 Å². The van der Waals surface area contributed by atoms with E-state index in [1.165, 1.54) is 0 Å². The van der Waals surface area contributed by atoms with Crippen molar-refractivity contribution in [2.75, 3.05) is 38.3 Å². The number of likely N-dealkylation sites (tertiary alicyclic amines) is 1. The zero-order valence-electron chi connectivity index (χ0n) is 13.5. The topological polar surface area (TPSA) is 62.7 Å². The van der Waals surface area contributed by atoms with Gasteiger partial charge in [0.15, 0.2) is 0 Å². The number of carbonyl (C=O) groups is 2. The Morgan fingerprint density at radius 2 is 2.13 bits per heavy atom. The van der Waals surface area contributed by atoms with Crippen LogP contribution in [0.15, 0.2) is 18.3 Å². The Kier molecular flexibility index (Phi) is 4.91. The lowest BCUT2D eigenvalue weighted by molar-refractivity contribution is -0.133. The molecule has 124 valence electrons. The van der Waals surface area contributed by atoms with Crippen molar-refractivity contribution in [2.45, 2.75) is 25.7 Å². The van der Waals surface area contributed by atoms with Gasteiger partial charge in [-0.05, 0) is 36.8 Å². The van der Waals surface area contributed by atoms with Crippen molar-refractivity contribution in [1.82, 2.24) is 9.88 Å². The fourth-order valence-corrected chi connectivity index (χ4v) is 3.35. The molecule has 6 heteroatoms. The molecule has 1 fully saturated rings. The summed E-state index contributed by atoms with van der Waals surface area (Å²) >= 11 is 0. The van der Waals surface area contributed by atoms with Crippen LogP contribution in [0.25, 0.3) is 0 Å². The van der Waals surface area contributed by atoms with Gasteiger partial charge in [-0.2, -0.15) is 0 Å². The number of fused-ring (bicyclic) bond motifs is 1. The minimum atomic E-state index is -0.0150. The molecule has 2 aliphatic rings. The number of aryl methyl sites for hydroxylation is 1. The van der Waals surface area contributed by atoms with Crippen LogP contribution in [0.2, 0.25) is 0 Å². The van der Waals surface area contributed by atoms with Crippen molar-refractivity contribution < 1.29 is 14.3 Å². The number of aromatic nitrogens is 1. The lowest BCUT2D eigenvalue weighted by atomic mass is 9.97. The number of amides is 2. The summed E-state index contributed by atoms with van der Waals surface area (Å²) in [6, 6.07) is 3.84. The van der Waals surface area contributed by atoms with Crippen LogP contribution in [-0.2, 0) is 20.7 Å². The standard InChI is InChI=1S/C17H23N3O3/c1-23-12-13-6-9-19(10-7-13)16(22)11-20-15(21)5-4-14-3-2-8-18-17(14)20/h2-3,8,13H,4-7,9-12H2,1H3. The van der Waals surface area contributed by atoms with E-state index in [-0.39, 0.29) is 18.4 Å². The molecule has 0 aliphatic carbocycles. The number of hydrogen-bond donors (Lipinski definition) is 0. The largest absolute Gasteiger partial charge is 0.384 e. The van der Waals surface area contributed by atoms with E-state index in [0.717, 1.165) is 38.1 Å². The third-order valence-corrected chi connectivity index (χ3v) is 4.70. The zero-order valence-corrected chi connectivity index (χ0v) is 13.5. The molecule has 0 spiro atoms. The molecule has 2 amide bonds. The van der Waals surface area contributed by atoms with Gasteiger partial charge in [0.2, 0.25) is 11.8 Å². The molecule has 0 unspecified atom stereocenters. The third kappa shape index (κ3) is 3.52. The molecule has 6 nitrogen and oxygen atoms in total. The van der Waals surface area contributed by atoms with Gasteiger partial charge in [0.1, 0.15) is 12.4 Å². The monoisotopic (exact) mass is 317 g/mol. The van der Waals surface area contributed by atoms with E-state index >= 15 is 0 Å². The van der Waals surface area contributed by atoms with Crippen molar-refractivity contribution in [3.05, 3.63) is 23.9 Å². The number of hydrogen-bond acceptors (Lipinski definition) is 4. The lowest BCUT2D eigenvalue weighted by Crippen LogP contribution is -2.47. The van der Waals surface area contributed by atoms with E-state index in [0.29, 0.717) is 24.6 Å². The van der Waals surface area contributed by atoms with Crippen LogP contribution in [0.5, 0.6) is 0 Å². The second-order valence-corrected chi connectivity index (χ2v) is 6.25. The second kappa shape index (κ2) is 7.08. The number of ether oxygens (including phenoxy) is 1. The molecule has 2 aliphatic heterocycles. The van der Waals surface area contributed by atoms with Crippen LogP contribution in [-0.4, -0.2) is 55.0 Å². The summed E-state index contributed by atoms with van der Waals surface area (Å²) in [4.78, 5) is 32.5. The van der Waals surface area contributed by atoms with E-state index < -0.39 is 0 Å². The number of nitrogens with zero attached hydrogens (tertiary/aromatic N) is 3. The SMILES string of the molecule is COCC1CCN(C(=O)CN2C(=O)CCc3cccnc32)CC1. The molecule has 3 heterocycles. The van der Waals surface area contributed by atoms with E-state index in [2.05, 4.69) is 4.98 Å². The second-order valence-electron chi connectivity index (χ2n) is 6.25. The highest BCUT2D eigenvalue weighted by Gasteiger charge is 2.30. The van der Waals surface area contributed by atoms with Crippen LogP contribution in [0.3, 0.4) is 0 Å². The van der Waals surface area contributed by atoms with Crippen molar-refractivity contribution in [1.29, 1.82) is 0 Å². The van der Waals surface area contributed by atoms with Crippen molar-refractivity contribution in [3.63, 3.8) is 0 Å². The van der Waals surface area contributed by atoms with Gasteiger partial charge in [-0.3, -0.25) is 14.5 Å². The first-order valence-corrected chi connectivity index (χ1v) is 8.20. The van der Waals surface area contributed by atoms with Gasteiger partial charge in [0.05, 0.1) is 0 Å². The first kappa shape index (κ1) is 15.9. The molecule has 1 aromatic rings. The number of piperidine rings is 1. The molecular weight excluding hydrogens is 294 g/mol. The summed E-state index contributed by atoms with van der Waals surface area (Å²) in [5.41, 5.74) is 1.04. The van der Waals surface area contributed by atoms with Crippen LogP contribution in [0.4, 0.5) is 5.82 Å². The van der Waals surface area contributed by atoms with Crippen LogP contribution in [0.1, 0.15) is 24.8 Å². The molecule has 1 aromatic heterocycles. The predicted octanol–water partition coefficient (Wildman–Crippen LogP) is 1.25. The number of anilines is 1. The van der Waals surface area contributed by atoms with Gasteiger partial charge < -0.3 is 9.64 Å². The van der Waals surface area contributed by atoms with Gasteiger partial charge in [0, 0.05) is 39.4 Å². The molecule has 23 heavy (non-hydrogen) atoms. The quantitative estimate of drug-likeness (QED) is 0.838. The number of rotatable bonds is 4. The van der Waals surface area contributed by atoms with Gasteiger partial charge in [0.25, 0.3) is 0 Å². The first-order chi connectivity index (χ1) is 11.2. The van der Waals surface area contributed by atoms with Gasteiger partial charge in [-0.15, -0.1) is 0 Å². The van der Waals surface area contributed by atoms with E-state index in [1.54, 1.807) is 18.2 Å². The van der Waals surface area contributed by atoms with Crippen LogP contribution < -0.4 is 4.90 Å². The molecule has 1 saturated heterocycles. The molecule has 0 saturated carbocycles. The molecular formula is C17H23N3O3. The van der Waals surface area contributed by atoms with Gasteiger partial charge >= 0.3 is 0 Å². The van der Waals surface area contributed by atoms with Crippen molar-refractivity contribution in [2.24, 2.45) is 5.92 Å². The summed E-state index contributed by atoms with van der Waals surface area (Å²) < 4.78 is 5.19. The maximum atomic E-state index is 12.6. The Morgan fingerprint density at radius 1 is 1.35 bits per heavy atom. The van der Waals surface area contributed by atoms with Crippen LogP contribution in [0, 0.1) is 5.92 Å². The Hall–Kier alpha value is -1.95. The molecule has 3 rings (SSSR count). The zero-order chi connectivity index (χ0) is 16.2. The summed E-state index contributed by atoms with van der Waals surface area (Å²) in [5.74, 6) is 1.17. The third-order valence-electron chi connectivity index (χ3n) is 4.70. The van der Waals surface area contributed by atoms with Gasteiger partial charge in [-0.1, -0.05) is 6.07 Å². The fourth-order valence-electron chi connectivity index (χ4n) is 3.35. The minimum absolute atomic E-state index is 0.00715. The Morgan fingerprint density at radius 3 is 2.87 bits per heavy atom. The maximum absolute atomic E-state index is 12.6. The molecule has 0 atom stereocenters. The number of methoxy groups -OCH3 is 1. The Bertz CT molecular complexity index is 582. The molecule has 0 aromatic carbocycles. The van der Waals surface area contributed by atoms with E-state index in [4.69, 9.17) is 4.74 Å². The van der Waals surface area contributed by atoms with Gasteiger partial charge in [-0.25, -0.2) is 4.98 Å². The van der Waals surface area contributed by atoms with Crippen molar-refractivity contribution in [3.8, 4) is 0 Å². The summed E-state index contributed by atoms with van der Waals surface area (Å²) in [7, 11) is 1.71. The number of pyridine rings is 1. The highest BCUT2D eigenvalue weighted by atomic mass is 16.5. The molecule has 0 N–H and O–H groups in total. The summed E-state index contributed by atoms with van der Waals surface area (Å²) in [6.07, 6.45) is 4.74. The summed E-state index contributed by atoms with van der Waals surface area (Å²) in [6.45, 7) is 2.33. The smallest absolute Gasteiger partial charge is 0.242 e. The van der Waals surface area contributed by atoms with Crippen molar-refractivity contribution >= 4 is 17.6 Å². The highest BCUT2D eigenvalue weighted by molar-refractivity contribution is 6.00. The van der Waals surface area contributed by atoms with Crippen LogP contribution >= 0.6 is 0 Å². The fraction of sp³-hybridized carbons (Fsp3) is 0.588. The normalized spacial score (nSPS) is 18.9. The average Bonchev–Trinajstić information content (AvgIpc) is 2.58. The minimum Gasteiger partial charge on any atom is -0.384 e. The van der Waals surface area contributed by atoms with E-state index in [9.17, 15) is 9.59 Å². The lowest BCUT2D eigenvalue weighted by Gasteiger charge is -2.34. The first-order valence-electron chi connectivity index (χ1n) is 8.20. The maximum Gasteiger partial charge on any atom is 0.242 e. The molecule has 0 radical (unpaired) electrons. The predicted molar refractivity (Wildman–Crippen MR) is 86.1 cm³/mol. The summed E-state index contributed by atoms with van der Waals surface area (Å²) in [5, 5.41) is 0. The average molecular weight is 317 g/mol.